The van der Waals surface area contributed by atoms with Crippen LogP contribution < -0.4 is 15.5 Å². The van der Waals surface area contributed by atoms with E-state index >= 15 is 0 Å². The molecule has 12 heteroatoms. The SMILES string of the molecule is CC(C)(C)CN1CCC2(CC1)CN(c1ccccc1NC(=O)Nc1nc3ccc(F)cc3s1)c1c(O)ccc(-c3nc4cc(Cl)ccc4s3)c12. The number of thiazole rings is 2. The van der Waals surface area contributed by atoms with Crippen molar-refractivity contribution in [3.8, 4) is 16.3 Å². The lowest BCUT2D eigenvalue weighted by Crippen LogP contribution is -2.47. The summed E-state index contributed by atoms with van der Waals surface area (Å²) in [6.45, 7) is 10.3. The van der Waals surface area contributed by atoms with Crippen LogP contribution in [0, 0.1) is 11.2 Å². The van der Waals surface area contributed by atoms with Gasteiger partial charge in [-0.05, 0) is 97.6 Å². The van der Waals surface area contributed by atoms with Crippen LogP contribution in [-0.2, 0) is 5.41 Å². The van der Waals surface area contributed by atoms with Crippen LogP contribution >= 0.6 is 34.3 Å². The number of urea groups is 1. The number of aromatic hydroxyl groups is 1. The number of hydrogen-bond donors (Lipinski definition) is 3. The van der Waals surface area contributed by atoms with Gasteiger partial charge in [-0.2, -0.15) is 0 Å². The summed E-state index contributed by atoms with van der Waals surface area (Å²) in [6, 6.07) is 21.1. The van der Waals surface area contributed by atoms with Gasteiger partial charge in [0.05, 0.1) is 37.5 Å². The van der Waals surface area contributed by atoms with Crippen molar-refractivity contribution in [2.75, 3.05) is 41.7 Å². The van der Waals surface area contributed by atoms with Gasteiger partial charge >= 0.3 is 6.03 Å². The number of phenolic OH excluding ortho intramolecular Hbond substituents is 1. The van der Waals surface area contributed by atoms with E-state index in [2.05, 4.69) is 46.2 Å². The molecule has 2 amide bonds. The average Bonchev–Trinajstić information content (AvgIpc) is 3.76. The molecule has 4 heterocycles. The van der Waals surface area contributed by atoms with Crippen molar-refractivity contribution in [2.45, 2.75) is 39.0 Å². The van der Waals surface area contributed by atoms with E-state index in [1.165, 1.54) is 23.5 Å². The first-order chi connectivity index (χ1) is 23.9. The zero-order chi connectivity index (χ0) is 34.8. The van der Waals surface area contributed by atoms with Gasteiger partial charge in [-0.1, -0.05) is 55.8 Å². The number of carbonyl (C=O) groups is 1. The lowest BCUT2D eigenvalue weighted by Gasteiger charge is -2.42. The number of halogens is 2. The molecule has 0 unspecified atom stereocenters. The molecular weight excluding hydrogens is 691 g/mol. The van der Waals surface area contributed by atoms with E-state index in [1.54, 1.807) is 23.5 Å². The number of benzene rings is 4. The number of anilines is 4. The summed E-state index contributed by atoms with van der Waals surface area (Å²) in [7, 11) is 0. The first-order valence-electron chi connectivity index (χ1n) is 16.6. The van der Waals surface area contributed by atoms with Gasteiger partial charge in [0.2, 0.25) is 0 Å². The molecule has 0 aliphatic carbocycles. The van der Waals surface area contributed by atoms with E-state index < -0.39 is 6.03 Å². The topological polar surface area (TPSA) is 93.6 Å². The Morgan fingerprint density at radius 2 is 1.76 bits per heavy atom. The highest BCUT2D eigenvalue weighted by Crippen LogP contribution is 2.57. The van der Waals surface area contributed by atoms with E-state index in [0.29, 0.717) is 32.6 Å². The average molecular weight is 727 g/mol. The van der Waals surface area contributed by atoms with Crippen molar-refractivity contribution in [2.24, 2.45) is 5.41 Å². The Balaban J connectivity index is 1.18. The van der Waals surface area contributed by atoms with Crippen molar-refractivity contribution < 1.29 is 14.3 Å². The molecule has 2 aromatic heterocycles. The maximum atomic E-state index is 13.8. The highest BCUT2D eigenvalue weighted by atomic mass is 35.5. The van der Waals surface area contributed by atoms with E-state index in [0.717, 1.165) is 70.2 Å². The summed E-state index contributed by atoms with van der Waals surface area (Å²) in [5.74, 6) is -0.170. The molecule has 0 bridgehead atoms. The predicted octanol–water partition coefficient (Wildman–Crippen LogP) is 10.2. The molecule has 3 N–H and O–H groups in total. The van der Waals surface area contributed by atoms with Gasteiger partial charge in [0.25, 0.3) is 0 Å². The highest BCUT2D eigenvalue weighted by molar-refractivity contribution is 7.22. The predicted molar refractivity (Wildman–Crippen MR) is 204 cm³/mol. The second-order valence-corrected chi connectivity index (χ2v) is 16.9. The molecule has 2 aliphatic heterocycles. The number of phenols is 1. The van der Waals surface area contributed by atoms with E-state index in [4.69, 9.17) is 16.6 Å². The fourth-order valence-electron chi connectivity index (χ4n) is 7.49. The maximum absolute atomic E-state index is 13.8. The van der Waals surface area contributed by atoms with Gasteiger partial charge in [-0.25, -0.2) is 19.2 Å². The first-order valence-corrected chi connectivity index (χ1v) is 18.6. The van der Waals surface area contributed by atoms with E-state index in [-0.39, 0.29) is 22.4 Å². The zero-order valence-corrected chi connectivity index (χ0v) is 30.3. The minimum Gasteiger partial charge on any atom is -0.506 e. The summed E-state index contributed by atoms with van der Waals surface area (Å²) in [4.78, 5) is 27.6. The van der Waals surface area contributed by atoms with Crippen molar-refractivity contribution in [3.05, 3.63) is 89.2 Å². The van der Waals surface area contributed by atoms with Crippen molar-refractivity contribution >= 4 is 82.9 Å². The highest BCUT2D eigenvalue weighted by Gasteiger charge is 2.49. The Morgan fingerprint density at radius 1 is 0.960 bits per heavy atom. The number of fused-ring (bicyclic) bond motifs is 4. The third-order valence-corrected chi connectivity index (χ3v) is 11.8. The molecule has 1 spiro atoms. The van der Waals surface area contributed by atoms with Crippen LogP contribution in [0.4, 0.5) is 31.4 Å². The Kier molecular flexibility index (Phi) is 8.21. The van der Waals surface area contributed by atoms with Crippen LogP contribution in [0.3, 0.4) is 0 Å². The summed E-state index contributed by atoms with van der Waals surface area (Å²) in [5.41, 5.74) is 5.59. The number of piperidine rings is 1. The Morgan fingerprint density at radius 3 is 2.56 bits per heavy atom. The number of amides is 2. The molecule has 0 saturated carbocycles. The van der Waals surface area contributed by atoms with Crippen molar-refractivity contribution in [3.63, 3.8) is 0 Å². The lowest BCUT2D eigenvalue weighted by molar-refractivity contribution is 0.125. The third-order valence-electron chi connectivity index (χ3n) is 9.52. The number of carbonyl (C=O) groups excluding carboxylic acids is 1. The molecule has 8 rings (SSSR count). The number of rotatable bonds is 5. The summed E-state index contributed by atoms with van der Waals surface area (Å²) < 4.78 is 15.5. The van der Waals surface area contributed by atoms with Gasteiger partial charge in [0.1, 0.15) is 16.6 Å². The summed E-state index contributed by atoms with van der Waals surface area (Å²) >= 11 is 9.18. The van der Waals surface area contributed by atoms with Crippen molar-refractivity contribution in [1.82, 2.24) is 14.9 Å². The molecule has 0 atom stereocenters. The van der Waals surface area contributed by atoms with Crippen molar-refractivity contribution in [1.29, 1.82) is 0 Å². The first kappa shape index (κ1) is 32.9. The number of aromatic nitrogens is 2. The van der Waals surface area contributed by atoms with Crippen LogP contribution in [0.1, 0.15) is 39.2 Å². The Hall–Kier alpha value is -4.29. The van der Waals surface area contributed by atoms with Gasteiger partial charge in [-0.3, -0.25) is 5.32 Å². The molecule has 8 nitrogen and oxygen atoms in total. The smallest absolute Gasteiger partial charge is 0.325 e. The van der Waals surface area contributed by atoms with E-state index in [1.807, 2.05) is 48.5 Å². The Bertz CT molecular complexity index is 2270. The van der Waals surface area contributed by atoms with Gasteiger partial charge in [0.15, 0.2) is 5.13 Å². The molecular formula is C38H36ClFN6O2S2. The fraction of sp³-hybridized carbons (Fsp3) is 0.289. The monoisotopic (exact) mass is 726 g/mol. The van der Waals surface area contributed by atoms with Gasteiger partial charge in [0, 0.05) is 29.1 Å². The fourth-order valence-corrected chi connectivity index (χ4v) is 9.52. The number of nitrogens with zero attached hydrogens (tertiary/aromatic N) is 4. The van der Waals surface area contributed by atoms with Gasteiger partial charge < -0.3 is 20.2 Å². The second kappa shape index (κ2) is 12.5. The molecule has 50 heavy (non-hydrogen) atoms. The minimum absolute atomic E-state index is 0.183. The van der Waals surface area contributed by atoms with Crippen LogP contribution in [-0.4, -0.2) is 52.2 Å². The van der Waals surface area contributed by atoms with Gasteiger partial charge in [-0.15, -0.1) is 11.3 Å². The van der Waals surface area contributed by atoms with Crippen LogP contribution in [0.15, 0.2) is 72.8 Å². The second-order valence-electron chi connectivity index (χ2n) is 14.4. The molecule has 6 aromatic rings. The molecule has 0 radical (unpaired) electrons. The normalized spacial score (nSPS) is 16.0. The molecule has 256 valence electrons. The van der Waals surface area contributed by atoms with Crippen LogP contribution in [0.25, 0.3) is 31.0 Å². The molecule has 4 aromatic carbocycles. The molecule has 2 aliphatic rings. The van der Waals surface area contributed by atoms with Crippen LogP contribution in [0.5, 0.6) is 5.75 Å². The number of hydrogen-bond acceptors (Lipinski definition) is 8. The standard InChI is InChI=1S/C38H36ClFN6O2S2/c1-37(2,3)20-45-16-14-38(15-17-45)21-46(33-29(47)12-10-24(32(33)38)34-41-27-18-22(39)8-13-30(27)49-34)28-7-5-4-6-25(28)42-35(48)44-36-43-26-11-9-23(40)19-31(26)50-36/h4-13,18-19,47H,14-17,20-21H2,1-3H3,(H2,42,43,44,48). The number of nitrogens with one attached hydrogen (secondary N) is 2. The zero-order valence-electron chi connectivity index (χ0n) is 27.9. The largest absolute Gasteiger partial charge is 0.506 e. The lowest BCUT2D eigenvalue weighted by atomic mass is 9.72. The summed E-state index contributed by atoms with van der Waals surface area (Å²) in [6.07, 6.45) is 1.82. The summed E-state index contributed by atoms with van der Waals surface area (Å²) in [5, 5.41) is 19.4. The number of likely N-dealkylation sites (tertiary alicyclic amines) is 1. The quantitative estimate of drug-likeness (QED) is 0.164. The number of para-hydroxylation sites is 2. The maximum Gasteiger partial charge on any atom is 0.325 e. The minimum atomic E-state index is -0.465. The Labute approximate surface area is 302 Å². The third kappa shape index (κ3) is 6.17. The van der Waals surface area contributed by atoms with Crippen LogP contribution in [0.2, 0.25) is 5.02 Å². The molecule has 1 fully saturated rings. The molecule has 1 saturated heterocycles. The van der Waals surface area contributed by atoms with E-state index in [9.17, 15) is 14.3 Å².